The molecule has 0 saturated carbocycles. The molecule has 0 aromatic heterocycles. The summed E-state index contributed by atoms with van der Waals surface area (Å²) in [5.74, 6) is 0.391. The Morgan fingerprint density at radius 2 is 1.75 bits per heavy atom. The van der Waals surface area contributed by atoms with Gasteiger partial charge in [0.05, 0.1) is 5.85 Å². The molecule has 0 spiro atoms. The van der Waals surface area contributed by atoms with Crippen LogP contribution in [0.2, 0.25) is 0 Å². The maximum absolute atomic E-state index is 5.61. The fourth-order valence-electron chi connectivity index (χ4n) is 1.08. The van der Waals surface area contributed by atoms with E-state index in [1.54, 1.807) is 0 Å². The van der Waals surface area contributed by atoms with E-state index in [0.29, 0.717) is 5.85 Å². The van der Waals surface area contributed by atoms with Gasteiger partial charge in [-0.1, -0.05) is 39.5 Å². The van der Waals surface area contributed by atoms with Gasteiger partial charge in [0.15, 0.2) is 0 Å². The van der Waals surface area contributed by atoms with Gasteiger partial charge in [0.2, 0.25) is 0 Å². The zero-order valence-electron chi connectivity index (χ0n) is 8.51. The van der Waals surface area contributed by atoms with Gasteiger partial charge in [-0.3, -0.25) is 0 Å². The van der Waals surface area contributed by atoms with Crippen molar-refractivity contribution in [2.75, 3.05) is 6.61 Å². The molecule has 1 nitrogen and oxygen atoms in total. The Morgan fingerprint density at radius 3 is 2.33 bits per heavy atom. The summed E-state index contributed by atoms with van der Waals surface area (Å²) in [4.78, 5) is 0. The Balaban J connectivity index is 3.02. The average Bonchev–Trinajstić information content (AvgIpc) is 2.09. The van der Waals surface area contributed by atoms with E-state index >= 15 is 0 Å². The number of unbranched alkanes of at least 4 members (excludes halogenated alkanes) is 3. The highest BCUT2D eigenvalue weighted by Crippen LogP contribution is 2.12. The van der Waals surface area contributed by atoms with E-state index in [1.165, 1.54) is 38.5 Å². The van der Waals surface area contributed by atoms with Crippen molar-refractivity contribution in [2.45, 2.75) is 58.2 Å². The maximum Gasteiger partial charge on any atom is 0.0708 e. The molecule has 0 aliphatic carbocycles. The summed E-state index contributed by atoms with van der Waals surface area (Å²) in [5, 5.41) is 0. The van der Waals surface area contributed by atoms with Crippen LogP contribution in [0, 0.1) is 0 Å². The lowest BCUT2D eigenvalue weighted by atomic mass is 10.2. The highest BCUT2D eigenvalue weighted by atomic mass is 31.0. The predicted octanol–water partition coefficient (Wildman–Crippen LogP) is 3.58. The topological polar surface area (TPSA) is 9.23 Å². The summed E-state index contributed by atoms with van der Waals surface area (Å²) < 4.78 is 5.61. The third-order valence-electron chi connectivity index (χ3n) is 1.92. The van der Waals surface area contributed by atoms with Crippen molar-refractivity contribution in [3.63, 3.8) is 0 Å². The van der Waals surface area contributed by atoms with Crippen LogP contribution in [0.1, 0.15) is 52.4 Å². The molecule has 0 aliphatic heterocycles. The van der Waals surface area contributed by atoms with Crippen LogP contribution in [0.15, 0.2) is 0 Å². The third-order valence-corrected chi connectivity index (χ3v) is 2.45. The molecule has 0 amide bonds. The Morgan fingerprint density at radius 1 is 1.08 bits per heavy atom. The second-order valence-electron chi connectivity index (χ2n) is 3.26. The molecule has 0 rings (SSSR count). The highest BCUT2D eigenvalue weighted by Gasteiger charge is 1.99. The number of hydrogen-bond acceptors (Lipinski definition) is 1. The molecule has 2 heteroatoms. The van der Waals surface area contributed by atoms with E-state index in [9.17, 15) is 0 Å². The SMILES string of the molecule is CCCCCOC(P)CCCC. The van der Waals surface area contributed by atoms with E-state index in [2.05, 4.69) is 23.1 Å². The molecule has 2 unspecified atom stereocenters. The fraction of sp³-hybridized carbons (Fsp3) is 1.00. The molecule has 0 bridgehead atoms. The van der Waals surface area contributed by atoms with Gasteiger partial charge >= 0.3 is 0 Å². The first-order valence-electron chi connectivity index (χ1n) is 5.18. The summed E-state index contributed by atoms with van der Waals surface area (Å²) >= 11 is 0. The maximum atomic E-state index is 5.61. The van der Waals surface area contributed by atoms with Gasteiger partial charge < -0.3 is 4.74 Å². The minimum Gasteiger partial charge on any atom is -0.374 e. The lowest BCUT2D eigenvalue weighted by Crippen LogP contribution is -2.05. The monoisotopic (exact) mass is 190 g/mol. The number of hydrogen-bond donors (Lipinski definition) is 0. The molecule has 0 fully saturated rings. The smallest absolute Gasteiger partial charge is 0.0708 e. The normalized spacial score (nSPS) is 13.2. The van der Waals surface area contributed by atoms with Crippen LogP contribution in [0.25, 0.3) is 0 Å². The second-order valence-corrected chi connectivity index (χ2v) is 4.00. The molecule has 12 heavy (non-hydrogen) atoms. The summed E-state index contributed by atoms with van der Waals surface area (Å²) in [6, 6.07) is 0. The molecule has 2 atom stereocenters. The van der Waals surface area contributed by atoms with Gasteiger partial charge in [0, 0.05) is 6.61 Å². The van der Waals surface area contributed by atoms with Crippen LogP contribution in [0.5, 0.6) is 0 Å². The second kappa shape index (κ2) is 9.48. The lowest BCUT2D eigenvalue weighted by molar-refractivity contribution is 0.101. The van der Waals surface area contributed by atoms with Crippen molar-refractivity contribution in [1.82, 2.24) is 0 Å². The summed E-state index contributed by atoms with van der Waals surface area (Å²) in [6.07, 6.45) is 7.52. The Bertz CT molecular complexity index is 85.9. The van der Waals surface area contributed by atoms with Crippen LogP contribution < -0.4 is 0 Å². The molecule has 0 aromatic rings. The first-order chi connectivity index (χ1) is 5.81. The number of ether oxygens (including phenoxy) is 1. The minimum atomic E-state index is 0.391. The fourth-order valence-corrected chi connectivity index (χ4v) is 1.45. The summed E-state index contributed by atoms with van der Waals surface area (Å²) in [7, 11) is 2.77. The molecule has 0 heterocycles. The summed E-state index contributed by atoms with van der Waals surface area (Å²) in [5.41, 5.74) is 0. The van der Waals surface area contributed by atoms with Crippen LogP contribution in [-0.4, -0.2) is 12.5 Å². The van der Waals surface area contributed by atoms with Gasteiger partial charge in [-0.2, -0.15) is 0 Å². The molecule has 74 valence electrons. The Hall–Kier alpha value is 0.390. The van der Waals surface area contributed by atoms with Gasteiger partial charge in [-0.15, -0.1) is 9.24 Å². The first kappa shape index (κ1) is 12.4. The van der Waals surface area contributed by atoms with Crippen molar-refractivity contribution >= 4 is 9.24 Å². The van der Waals surface area contributed by atoms with Crippen molar-refractivity contribution in [1.29, 1.82) is 0 Å². The molecule has 0 saturated heterocycles. The van der Waals surface area contributed by atoms with Crippen molar-refractivity contribution in [3.05, 3.63) is 0 Å². The van der Waals surface area contributed by atoms with Gasteiger partial charge in [-0.25, -0.2) is 0 Å². The zero-order chi connectivity index (χ0) is 9.23. The van der Waals surface area contributed by atoms with Crippen LogP contribution in [-0.2, 0) is 4.74 Å². The van der Waals surface area contributed by atoms with E-state index in [4.69, 9.17) is 4.74 Å². The van der Waals surface area contributed by atoms with Gasteiger partial charge in [0.25, 0.3) is 0 Å². The largest absolute Gasteiger partial charge is 0.374 e. The predicted molar refractivity (Wildman–Crippen MR) is 58.5 cm³/mol. The zero-order valence-corrected chi connectivity index (χ0v) is 9.67. The van der Waals surface area contributed by atoms with Gasteiger partial charge in [-0.05, 0) is 12.8 Å². The quantitative estimate of drug-likeness (QED) is 0.420. The van der Waals surface area contributed by atoms with E-state index in [1.807, 2.05) is 0 Å². The van der Waals surface area contributed by atoms with E-state index < -0.39 is 0 Å². The van der Waals surface area contributed by atoms with Crippen molar-refractivity contribution in [2.24, 2.45) is 0 Å². The summed E-state index contributed by atoms with van der Waals surface area (Å²) in [6.45, 7) is 5.37. The molecule has 0 aliphatic rings. The van der Waals surface area contributed by atoms with E-state index in [-0.39, 0.29) is 0 Å². The minimum absolute atomic E-state index is 0.391. The van der Waals surface area contributed by atoms with Crippen LogP contribution in [0.3, 0.4) is 0 Å². The average molecular weight is 190 g/mol. The molecule has 0 aromatic carbocycles. The number of rotatable bonds is 8. The van der Waals surface area contributed by atoms with Crippen molar-refractivity contribution in [3.8, 4) is 0 Å². The van der Waals surface area contributed by atoms with Crippen LogP contribution >= 0.6 is 9.24 Å². The molecule has 0 radical (unpaired) electrons. The Kier molecular flexibility index (Phi) is 9.79. The third kappa shape index (κ3) is 8.49. The van der Waals surface area contributed by atoms with Gasteiger partial charge in [0.1, 0.15) is 0 Å². The first-order valence-corrected chi connectivity index (χ1v) is 5.85. The van der Waals surface area contributed by atoms with E-state index in [0.717, 1.165) is 6.61 Å². The van der Waals surface area contributed by atoms with Crippen LogP contribution in [0.4, 0.5) is 0 Å². The highest BCUT2D eigenvalue weighted by molar-refractivity contribution is 7.17. The molecule has 0 N–H and O–H groups in total. The molecular formula is C10H23OP. The Labute approximate surface area is 79.5 Å². The molecular weight excluding hydrogens is 167 g/mol. The lowest BCUT2D eigenvalue weighted by Gasteiger charge is -2.11. The standard InChI is InChI=1S/C10H23OP/c1-3-5-7-9-11-10(12)8-6-4-2/h10H,3-9,12H2,1-2H3. The van der Waals surface area contributed by atoms with Crippen molar-refractivity contribution < 1.29 is 4.74 Å².